The van der Waals surface area contributed by atoms with Crippen molar-refractivity contribution >= 4 is 17.2 Å². The van der Waals surface area contributed by atoms with Crippen molar-refractivity contribution in [3.05, 3.63) is 42.1 Å². The van der Waals surface area contributed by atoms with Crippen LogP contribution in [-0.4, -0.2) is 55.4 Å². The van der Waals surface area contributed by atoms with E-state index in [1.807, 2.05) is 0 Å². The molecule has 1 N–H and O–H groups in total. The molecule has 6 heteroatoms. The lowest BCUT2D eigenvalue weighted by Crippen LogP contribution is -2.44. The summed E-state index contributed by atoms with van der Waals surface area (Å²) in [6, 6.07) is 6.48. The van der Waals surface area contributed by atoms with Gasteiger partial charge in [0.25, 0.3) is 0 Å². The minimum absolute atomic E-state index is 0.0733. The maximum atomic E-state index is 12.1. The number of anilines is 2. The lowest BCUT2D eigenvalue weighted by atomic mass is 10.1. The monoisotopic (exact) mass is 328 g/mol. The van der Waals surface area contributed by atoms with Gasteiger partial charge in [-0.15, -0.1) is 0 Å². The first-order chi connectivity index (χ1) is 11.7. The second-order valence-electron chi connectivity index (χ2n) is 6.14. The predicted octanol–water partition coefficient (Wildman–Crippen LogP) is 2.28. The highest BCUT2D eigenvalue weighted by Crippen LogP contribution is 2.25. The highest BCUT2D eigenvalue weighted by atomic mass is 16.3. The Labute approximate surface area is 142 Å². The van der Waals surface area contributed by atoms with Gasteiger partial charge in [0, 0.05) is 37.6 Å². The number of aryl methyl sites for hydroxylation is 1. The Hall–Kier alpha value is -2.34. The van der Waals surface area contributed by atoms with Gasteiger partial charge in [-0.2, -0.15) is 0 Å². The molecule has 0 amide bonds. The fourth-order valence-electron chi connectivity index (χ4n) is 2.91. The van der Waals surface area contributed by atoms with Crippen LogP contribution < -0.4 is 10.2 Å². The smallest absolute Gasteiger partial charge is 0.203 e. The molecule has 1 aromatic carbocycles. The van der Waals surface area contributed by atoms with Crippen molar-refractivity contribution in [3.63, 3.8) is 0 Å². The van der Waals surface area contributed by atoms with E-state index in [1.54, 1.807) is 0 Å². The molecule has 0 atom stereocenters. The van der Waals surface area contributed by atoms with Crippen molar-refractivity contribution in [1.29, 1.82) is 0 Å². The van der Waals surface area contributed by atoms with Crippen LogP contribution in [0.25, 0.3) is 0 Å². The van der Waals surface area contributed by atoms with Crippen LogP contribution in [0.3, 0.4) is 0 Å². The minimum Gasteiger partial charge on any atom is -0.451 e. The average Bonchev–Trinajstić information content (AvgIpc) is 3.15. The summed E-state index contributed by atoms with van der Waals surface area (Å²) in [6.07, 6.45) is 3.58. The molecular formula is C18H24N4O2. The highest BCUT2D eigenvalue weighted by Gasteiger charge is 2.16. The number of Topliss-reactive ketones (excluding diaryl/α,β-unsaturated/α-hetero) is 1. The largest absolute Gasteiger partial charge is 0.451 e. The second-order valence-corrected chi connectivity index (χ2v) is 6.14. The van der Waals surface area contributed by atoms with Crippen LogP contribution in [0.2, 0.25) is 0 Å². The number of aromatic nitrogens is 1. The predicted molar refractivity (Wildman–Crippen MR) is 94.9 cm³/mol. The number of hydrogen-bond acceptors (Lipinski definition) is 6. The van der Waals surface area contributed by atoms with Crippen LogP contribution in [0.1, 0.15) is 23.0 Å². The fraction of sp³-hybridized carbons (Fsp3) is 0.444. The topological polar surface area (TPSA) is 61.6 Å². The van der Waals surface area contributed by atoms with E-state index >= 15 is 0 Å². The third-order valence-electron chi connectivity index (χ3n) is 4.50. The Morgan fingerprint density at radius 1 is 1.29 bits per heavy atom. The normalized spacial score (nSPS) is 15.5. The molecule has 2 heterocycles. The zero-order valence-electron chi connectivity index (χ0n) is 14.3. The third-order valence-corrected chi connectivity index (χ3v) is 4.50. The van der Waals surface area contributed by atoms with Gasteiger partial charge >= 0.3 is 0 Å². The van der Waals surface area contributed by atoms with E-state index in [2.05, 4.69) is 52.3 Å². The van der Waals surface area contributed by atoms with Crippen molar-refractivity contribution < 1.29 is 9.21 Å². The molecule has 0 unspecified atom stereocenters. The van der Waals surface area contributed by atoms with Crippen LogP contribution in [0.15, 0.2) is 35.3 Å². The van der Waals surface area contributed by atoms with Gasteiger partial charge in [-0.25, -0.2) is 4.98 Å². The Kier molecular flexibility index (Phi) is 5.15. The van der Waals surface area contributed by atoms with E-state index in [0.29, 0.717) is 5.69 Å². The lowest BCUT2D eigenvalue weighted by Gasteiger charge is -2.34. The molecular weight excluding hydrogens is 304 g/mol. The number of hydrogen-bond donors (Lipinski definition) is 1. The second kappa shape index (κ2) is 7.49. The fourth-order valence-corrected chi connectivity index (χ4v) is 2.91. The Morgan fingerprint density at radius 2 is 2.08 bits per heavy atom. The quantitative estimate of drug-likeness (QED) is 0.821. The van der Waals surface area contributed by atoms with E-state index in [9.17, 15) is 4.79 Å². The standard InChI is InChI=1S/C18H24N4O2/c1-3-14-4-5-15(22-8-6-21(2)7-9-22)10-16(14)19-11-18(23)17-12-24-13-20-17/h4-5,10,12-13,19H,3,6-9,11H2,1-2H3. The number of ketones is 1. The van der Waals surface area contributed by atoms with Gasteiger partial charge in [0.15, 0.2) is 6.39 Å². The zero-order chi connectivity index (χ0) is 16.9. The number of likely N-dealkylation sites (N-methyl/N-ethyl adjacent to an activating group) is 1. The third kappa shape index (κ3) is 3.76. The number of rotatable bonds is 6. The molecule has 1 aromatic heterocycles. The van der Waals surface area contributed by atoms with E-state index < -0.39 is 0 Å². The number of carbonyl (C=O) groups is 1. The summed E-state index contributed by atoms with van der Waals surface area (Å²) in [5.74, 6) is -0.0733. The summed E-state index contributed by atoms with van der Waals surface area (Å²) in [7, 11) is 2.15. The van der Waals surface area contributed by atoms with Gasteiger partial charge in [0.2, 0.25) is 5.78 Å². The van der Waals surface area contributed by atoms with Gasteiger partial charge in [-0.3, -0.25) is 4.79 Å². The molecule has 24 heavy (non-hydrogen) atoms. The molecule has 0 bridgehead atoms. The van der Waals surface area contributed by atoms with E-state index in [-0.39, 0.29) is 12.3 Å². The molecule has 1 aliphatic heterocycles. The molecule has 3 rings (SSSR count). The summed E-state index contributed by atoms with van der Waals surface area (Å²) in [6.45, 7) is 6.53. The first kappa shape index (κ1) is 16.5. The summed E-state index contributed by atoms with van der Waals surface area (Å²) < 4.78 is 4.87. The molecule has 0 saturated carbocycles. The zero-order valence-corrected chi connectivity index (χ0v) is 14.3. The maximum absolute atomic E-state index is 12.1. The Morgan fingerprint density at radius 3 is 2.75 bits per heavy atom. The van der Waals surface area contributed by atoms with Crippen LogP contribution in [0.5, 0.6) is 0 Å². The van der Waals surface area contributed by atoms with Gasteiger partial charge in [-0.1, -0.05) is 13.0 Å². The first-order valence-electron chi connectivity index (χ1n) is 8.39. The van der Waals surface area contributed by atoms with Gasteiger partial charge in [0.1, 0.15) is 12.0 Å². The summed E-state index contributed by atoms with van der Waals surface area (Å²) in [5.41, 5.74) is 3.79. The van der Waals surface area contributed by atoms with Crippen LogP contribution in [-0.2, 0) is 6.42 Å². The first-order valence-corrected chi connectivity index (χ1v) is 8.39. The number of benzene rings is 1. The van der Waals surface area contributed by atoms with E-state index in [4.69, 9.17) is 4.42 Å². The molecule has 0 radical (unpaired) electrons. The molecule has 128 valence electrons. The molecule has 0 spiro atoms. The summed E-state index contributed by atoms with van der Waals surface area (Å²) in [4.78, 5) is 20.7. The highest BCUT2D eigenvalue weighted by molar-refractivity contribution is 5.97. The molecule has 1 saturated heterocycles. The van der Waals surface area contributed by atoms with Crippen molar-refractivity contribution in [2.24, 2.45) is 0 Å². The lowest BCUT2D eigenvalue weighted by molar-refractivity contribution is 0.100. The molecule has 1 aliphatic rings. The molecule has 1 fully saturated rings. The van der Waals surface area contributed by atoms with Gasteiger partial charge in [0.05, 0.1) is 6.54 Å². The van der Waals surface area contributed by atoms with Gasteiger partial charge in [-0.05, 0) is 31.2 Å². The van der Waals surface area contributed by atoms with Crippen molar-refractivity contribution in [1.82, 2.24) is 9.88 Å². The summed E-state index contributed by atoms with van der Waals surface area (Å²) in [5, 5.41) is 3.27. The minimum atomic E-state index is -0.0733. The van der Waals surface area contributed by atoms with E-state index in [1.165, 1.54) is 23.9 Å². The van der Waals surface area contributed by atoms with Gasteiger partial charge < -0.3 is 19.5 Å². The number of nitrogens with one attached hydrogen (secondary N) is 1. The number of piperazine rings is 1. The van der Waals surface area contributed by atoms with Crippen LogP contribution in [0, 0.1) is 0 Å². The van der Waals surface area contributed by atoms with Crippen LogP contribution in [0.4, 0.5) is 11.4 Å². The maximum Gasteiger partial charge on any atom is 0.203 e. The van der Waals surface area contributed by atoms with E-state index in [0.717, 1.165) is 38.3 Å². The average molecular weight is 328 g/mol. The summed E-state index contributed by atoms with van der Waals surface area (Å²) >= 11 is 0. The van der Waals surface area contributed by atoms with Crippen molar-refractivity contribution in [2.45, 2.75) is 13.3 Å². The number of oxazole rings is 1. The Bertz CT molecular complexity index is 676. The van der Waals surface area contributed by atoms with Crippen LogP contribution >= 0.6 is 0 Å². The number of nitrogens with zero attached hydrogens (tertiary/aromatic N) is 3. The molecule has 0 aliphatic carbocycles. The number of carbonyl (C=O) groups excluding carboxylic acids is 1. The molecule has 6 nitrogen and oxygen atoms in total. The van der Waals surface area contributed by atoms with Crippen molar-refractivity contribution in [2.75, 3.05) is 50.0 Å². The Balaban J connectivity index is 1.71. The van der Waals surface area contributed by atoms with Crippen molar-refractivity contribution in [3.8, 4) is 0 Å². The SMILES string of the molecule is CCc1ccc(N2CCN(C)CC2)cc1NCC(=O)c1cocn1. The molecule has 2 aromatic rings.